The first-order valence-electron chi connectivity index (χ1n) is 12.3. The molecule has 1 aliphatic carbocycles. The van der Waals surface area contributed by atoms with Crippen molar-refractivity contribution in [2.45, 2.75) is 37.3 Å². The summed E-state index contributed by atoms with van der Waals surface area (Å²) in [7, 11) is -3.54. The Labute approximate surface area is 210 Å². The lowest BCUT2D eigenvalue weighted by molar-refractivity contribution is -0.170. The third-order valence-electron chi connectivity index (χ3n) is 7.79. The Bertz CT molecular complexity index is 1240. The first-order chi connectivity index (χ1) is 16.8. The van der Waals surface area contributed by atoms with E-state index < -0.39 is 15.8 Å². The highest BCUT2D eigenvalue weighted by Gasteiger charge is 2.48. The Hall–Kier alpha value is -1.98. The van der Waals surface area contributed by atoms with Crippen LogP contribution in [0.25, 0.3) is 10.9 Å². The van der Waals surface area contributed by atoms with Crippen molar-refractivity contribution in [3.8, 4) is 0 Å². The zero-order valence-electron chi connectivity index (χ0n) is 19.6. The molecule has 3 saturated heterocycles. The number of morpholine rings is 1. The number of halogens is 1. The van der Waals surface area contributed by atoms with E-state index in [1.807, 2.05) is 29.2 Å². The summed E-state index contributed by atoms with van der Waals surface area (Å²) in [4.78, 5) is 20.8. The van der Waals surface area contributed by atoms with Crippen molar-refractivity contribution in [2.75, 3.05) is 57.3 Å². The van der Waals surface area contributed by atoms with Gasteiger partial charge >= 0.3 is 0 Å². The number of carbonyl (C=O) groups is 1. The molecule has 1 amide bonds. The Balaban J connectivity index is 1.07. The number of hydrogen-bond donors (Lipinski definition) is 0. The fraction of sp³-hybridized carbons (Fsp3) is 0.583. The molecular formula is C24H30ClN5O4S. The van der Waals surface area contributed by atoms with Crippen LogP contribution < -0.4 is 4.90 Å². The summed E-state index contributed by atoms with van der Waals surface area (Å²) in [6.07, 6.45) is 5.02. The van der Waals surface area contributed by atoms with Gasteiger partial charge in [0.05, 0.1) is 22.7 Å². The monoisotopic (exact) mass is 519 g/mol. The van der Waals surface area contributed by atoms with Crippen molar-refractivity contribution in [3.63, 3.8) is 0 Å². The summed E-state index contributed by atoms with van der Waals surface area (Å²) < 4.78 is 36.0. The maximum absolute atomic E-state index is 13.4. The van der Waals surface area contributed by atoms with Crippen molar-refractivity contribution in [3.05, 3.63) is 35.5 Å². The number of benzene rings is 1. The normalized spacial score (nSPS) is 24.4. The van der Waals surface area contributed by atoms with Crippen LogP contribution in [0.15, 0.2) is 30.5 Å². The van der Waals surface area contributed by atoms with Gasteiger partial charge in [-0.25, -0.2) is 0 Å². The standard InChI is InChI=1S/C24H30ClN5O4S/c25-19-13-18-1-2-21(14-22(18)26-15-19)27-9-11-29(12-10-27)35(32,33)28-7-5-24(6-8-28)17-30(20-3-4-20)23(31)16-34-24/h1-2,13-15,20H,3-12,16-17H2. The van der Waals surface area contributed by atoms with Gasteiger partial charge in [0.2, 0.25) is 5.91 Å². The fourth-order valence-electron chi connectivity index (χ4n) is 5.51. The molecule has 1 spiro atoms. The Morgan fingerprint density at radius 1 is 1.00 bits per heavy atom. The molecule has 1 saturated carbocycles. The fourth-order valence-corrected chi connectivity index (χ4v) is 7.27. The summed E-state index contributed by atoms with van der Waals surface area (Å²) in [5.41, 5.74) is 1.50. The molecule has 188 valence electrons. The van der Waals surface area contributed by atoms with Gasteiger partial charge < -0.3 is 14.5 Å². The molecule has 9 nitrogen and oxygen atoms in total. The van der Waals surface area contributed by atoms with Gasteiger partial charge in [0.1, 0.15) is 6.61 Å². The number of rotatable bonds is 4. The minimum Gasteiger partial charge on any atom is -0.369 e. The summed E-state index contributed by atoms with van der Waals surface area (Å²) in [6.45, 7) is 3.68. The van der Waals surface area contributed by atoms with E-state index in [0.717, 1.165) is 29.4 Å². The van der Waals surface area contributed by atoms with E-state index in [0.29, 0.717) is 69.7 Å². The third kappa shape index (κ3) is 4.51. The lowest BCUT2D eigenvalue weighted by Gasteiger charge is -2.47. The highest BCUT2D eigenvalue weighted by atomic mass is 35.5. The predicted molar refractivity (Wildman–Crippen MR) is 134 cm³/mol. The first-order valence-corrected chi connectivity index (χ1v) is 14.1. The molecule has 0 bridgehead atoms. The molecule has 2 aromatic rings. The number of piperidine rings is 1. The molecule has 35 heavy (non-hydrogen) atoms. The average molecular weight is 520 g/mol. The minimum atomic E-state index is -3.54. The molecule has 6 rings (SSSR count). The molecule has 4 heterocycles. The third-order valence-corrected chi connectivity index (χ3v) is 10.0. The minimum absolute atomic E-state index is 0.0667. The lowest BCUT2D eigenvalue weighted by Crippen LogP contribution is -2.61. The van der Waals surface area contributed by atoms with Crippen LogP contribution in [-0.2, 0) is 19.7 Å². The second kappa shape index (κ2) is 8.85. The van der Waals surface area contributed by atoms with Crippen LogP contribution in [0.1, 0.15) is 25.7 Å². The van der Waals surface area contributed by atoms with Gasteiger partial charge in [0.25, 0.3) is 10.2 Å². The molecule has 0 radical (unpaired) electrons. The molecule has 1 aromatic carbocycles. The van der Waals surface area contributed by atoms with E-state index in [1.165, 1.54) is 0 Å². The van der Waals surface area contributed by atoms with Gasteiger partial charge in [-0.2, -0.15) is 17.0 Å². The molecule has 3 aliphatic heterocycles. The Morgan fingerprint density at radius 2 is 1.71 bits per heavy atom. The van der Waals surface area contributed by atoms with E-state index in [9.17, 15) is 13.2 Å². The van der Waals surface area contributed by atoms with Crippen molar-refractivity contribution in [2.24, 2.45) is 0 Å². The number of nitrogens with zero attached hydrogens (tertiary/aromatic N) is 5. The highest BCUT2D eigenvalue weighted by Crippen LogP contribution is 2.37. The van der Waals surface area contributed by atoms with Gasteiger partial charge in [-0.15, -0.1) is 0 Å². The number of carbonyl (C=O) groups excluding carboxylic acids is 1. The molecule has 4 fully saturated rings. The molecule has 0 unspecified atom stereocenters. The van der Waals surface area contributed by atoms with Gasteiger partial charge in [-0.1, -0.05) is 17.7 Å². The first kappa shape index (κ1) is 23.4. The lowest BCUT2D eigenvalue weighted by atomic mass is 9.90. The topological polar surface area (TPSA) is 86.3 Å². The predicted octanol–water partition coefficient (Wildman–Crippen LogP) is 2.11. The molecule has 0 atom stereocenters. The van der Waals surface area contributed by atoms with E-state index >= 15 is 0 Å². The Kier molecular flexibility index (Phi) is 5.92. The molecule has 1 aromatic heterocycles. The van der Waals surface area contributed by atoms with E-state index in [-0.39, 0.29) is 12.5 Å². The average Bonchev–Trinajstić information content (AvgIpc) is 3.71. The van der Waals surface area contributed by atoms with Gasteiger partial charge in [0.15, 0.2) is 0 Å². The highest BCUT2D eigenvalue weighted by molar-refractivity contribution is 7.86. The van der Waals surface area contributed by atoms with Crippen LogP contribution in [0.5, 0.6) is 0 Å². The number of aromatic nitrogens is 1. The second-order valence-electron chi connectivity index (χ2n) is 10.0. The SMILES string of the molecule is O=C1COC2(CCN(S(=O)(=O)N3CCN(c4ccc5cc(Cl)cnc5c4)CC3)CC2)CN1C1CC1. The van der Waals surface area contributed by atoms with E-state index in [2.05, 4.69) is 9.88 Å². The van der Waals surface area contributed by atoms with Crippen LogP contribution in [0, 0.1) is 0 Å². The summed E-state index contributed by atoms with van der Waals surface area (Å²) >= 11 is 6.04. The van der Waals surface area contributed by atoms with E-state index in [1.54, 1.807) is 14.8 Å². The van der Waals surface area contributed by atoms with Crippen LogP contribution in [0.2, 0.25) is 5.02 Å². The smallest absolute Gasteiger partial charge is 0.282 e. The summed E-state index contributed by atoms with van der Waals surface area (Å²) in [6, 6.07) is 8.31. The quantitative estimate of drug-likeness (QED) is 0.615. The number of piperazine rings is 1. The number of pyridine rings is 1. The zero-order valence-corrected chi connectivity index (χ0v) is 21.2. The van der Waals surface area contributed by atoms with Gasteiger partial charge in [0, 0.05) is 62.6 Å². The maximum atomic E-state index is 13.4. The van der Waals surface area contributed by atoms with Gasteiger partial charge in [-0.05, 0) is 43.9 Å². The summed E-state index contributed by atoms with van der Waals surface area (Å²) in [5, 5.41) is 1.59. The maximum Gasteiger partial charge on any atom is 0.282 e. The Morgan fingerprint density at radius 3 is 2.43 bits per heavy atom. The molecule has 11 heteroatoms. The summed E-state index contributed by atoms with van der Waals surface area (Å²) in [5.74, 6) is 0.0667. The van der Waals surface area contributed by atoms with Crippen molar-refractivity contribution in [1.29, 1.82) is 0 Å². The van der Waals surface area contributed by atoms with Gasteiger partial charge in [-0.3, -0.25) is 9.78 Å². The van der Waals surface area contributed by atoms with Crippen LogP contribution >= 0.6 is 11.6 Å². The largest absolute Gasteiger partial charge is 0.369 e. The van der Waals surface area contributed by atoms with E-state index in [4.69, 9.17) is 16.3 Å². The number of anilines is 1. The second-order valence-corrected chi connectivity index (χ2v) is 12.4. The number of amides is 1. The van der Waals surface area contributed by atoms with Crippen molar-refractivity contribution >= 4 is 44.3 Å². The van der Waals surface area contributed by atoms with Crippen LogP contribution in [0.3, 0.4) is 0 Å². The number of fused-ring (bicyclic) bond motifs is 1. The van der Waals surface area contributed by atoms with Crippen molar-refractivity contribution in [1.82, 2.24) is 18.5 Å². The molecule has 0 N–H and O–H groups in total. The molecule has 4 aliphatic rings. The zero-order chi connectivity index (χ0) is 24.2. The van der Waals surface area contributed by atoms with Crippen molar-refractivity contribution < 1.29 is 17.9 Å². The molecular weight excluding hydrogens is 490 g/mol. The van der Waals surface area contributed by atoms with Crippen LogP contribution in [-0.4, -0.2) is 96.9 Å². The van der Waals surface area contributed by atoms with Crippen LogP contribution in [0.4, 0.5) is 5.69 Å². The number of hydrogen-bond acceptors (Lipinski definition) is 6. The number of ether oxygens (including phenoxy) is 1.